The molecule has 28 heavy (non-hydrogen) atoms. The molecule has 8 heteroatoms. The summed E-state index contributed by atoms with van der Waals surface area (Å²) in [5, 5.41) is 11.4. The van der Waals surface area contributed by atoms with E-state index >= 15 is 0 Å². The zero-order chi connectivity index (χ0) is 20.1. The normalized spacial score (nSPS) is 11.0. The molecule has 0 aliphatic carbocycles. The third kappa shape index (κ3) is 4.29. The van der Waals surface area contributed by atoms with Gasteiger partial charge in [-0.1, -0.05) is 48.5 Å². The standard InChI is InChI=1S/C20H18N2O5S/c1-27-17-11-12-20(19(14-17)22(23)24)28(25,26)21-18-10-6-5-9-16(18)13-15-7-3-2-4-8-15/h2-12,14,21H,13H2,1H3. The Bertz CT molecular complexity index is 1100. The summed E-state index contributed by atoms with van der Waals surface area (Å²) in [5.41, 5.74) is 1.60. The summed E-state index contributed by atoms with van der Waals surface area (Å²) in [6.07, 6.45) is 0.518. The number of hydrogen-bond donors (Lipinski definition) is 1. The number of ether oxygens (including phenoxy) is 1. The summed E-state index contributed by atoms with van der Waals surface area (Å²) in [5.74, 6) is 0.204. The molecule has 0 bridgehead atoms. The number of anilines is 1. The number of nitrogens with one attached hydrogen (secondary N) is 1. The molecule has 0 radical (unpaired) electrons. The van der Waals surface area contributed by atoms with E-state index in [9.17, 15) is 18.5 Å². The lowest BCUT2D eigenvalue weighted by Crippen LogP contribution is -2.16. The van der Waals surface area contributed by atoms with Crippen LogP contribution in [0.1, 0.15) is 11.1 Å². The van der Waals surface area contributed by atoms with E-state index in [4.69, 9.17) is 4.74 Å². The molecule has 0 fully saturated rings. The van der Waals surface area contributed by atoms with E-state index in [0.29, 0.717) is 12.1 Å². The smallest absolute Gasteiger partial charge is 0.293 e. The Labute approximate surface area is 162 Å². The van der Waals surface area contributed by atoms with Crippen LogP contribution in [0.4, 0.5) is 11.4 Å². The number of hydrogen-bond acceptors (Lipinski definition) is 5. The molecular formula is C20H18N2O5S. The highest BCUT2D eigenvalue weighted by molar-refractivity contribution is 7.92. The Kier molecular flexibility index (Phi) is 5.60. The third-order valence-corrected chi connectivity index (χ3v) is 5.56. The van der Waals surface area contributed by atoms with Crippen molar-refractivity contribution >= 4 is 21.4 Å². The van der Waals surface area contributed by atoms with Gasteiger partial charge in [-0.3, -0.25) is 14.8 Å². The molecule has 3 rings (SSSR count). The molecule has 7 nitrogen and oxygen atoms in total. The number of nitro benzene ring substituents is 1. The van der Waals surface area contributed by atoms with Crippen LogP contribution in [-0.4, -0.2) is 20.5 Å². The van der Waals surface area contributed by atoms with Crippen LogP contribution in [0.25, 0.3) is 0 Å². The average Bonchev–Trinajstić information content (AvgIpc) is 2.69. The van der Waals surface area contributed by atoms with Crippen LogP contribution in [0.2, 0.25) is 0 Å². The SMILES string of the molecule is COc1ccc(S(=O)(=O)Nc2ccccc2Cc2ccccc2)c([N+](=O)[O-])c1. The zero-order valence-corrected chi connectivity index (χ0v) is 15.8. The first kappa shape index (κ1) is 19.4. The number of sulfonamides is 1. The minimum Gasteiger partial charge on any atom is -0.497 e. The predicted molar refractivity (Wildman–Crippen MR) is 106 cm³/mol. The minimum absolute atomic E-state index is 0.204. The van der Waals surface area contributed by atoms with Gasteiger partial charge in [0.2, 0.25) is 0 Å². The Balaban J connectivity index is 1.97. The number of benzene rings is 3. The first-order valence-corrected chi connectivity index (χ1v) is 9.86. The van der Waals surface area contributed by atoms with Crippen molar-refractivity contribution in [1.29, 1.82) is 0 Å². The summed E-state index contributed by atoms with van der Waals surface area (Å²) in [7, 11) is -2.82. The van der Waals surface area contributed by atoms with Gasteiger partial charge in [0.15, 0.2) is 4.90 Å². The lowest BCUT2D eigenvalue weighted by atomic mass is 10.0. The first-order valence-electron chi connectivity index (χ1n) is 8.38. The van der Waals surface area contributed by atoms with Gasteiger partial charge in [-0.2, -0.15) is 0 Å². The summed E-state index contributed by atoms with van der Waals surface area (Å²) in [4.78, 5) is 10.2. The lowest BCUT2D eigenvalue weighted by Gasteiger charge is -2.13. The molecule has 144 valence electrons. The summed E-state index contributed by atoms with van der Waals surface area (Å²) < 4.78 is 33.2. The van der Waals surface area contributed by atoms with E-state index in [1.165, 1.54) is 19.2 Å². The Morgan fingerprint density at radius 1 is 1.00 bits per heavy atom. The van der Waals surface area contributed by atoms with Gasteiger partial charge in [0, 0.05) is 0 Å². The summed E-state index contributed by atoms with van der Waals surface area (Å²) >= 11 is 0. The van der Waals surface area contributed by atoms with Crippen molar-refractivity contribution in [3.05, 3.63) is 94.0 Å². The van der Waals surface area contributed by atoms with Crippen molar-refractivity contribution in [3.63, 3.8) is 0 Å². The van der Waals surface area contributed by atoms with Crippen molar-refractivity contribution in [2.45, 2.75) is 11.3 Å². The Hall–Kier alpha value is -3.39. The van der Waals surface area contributed by atoms with Crippen molar-refractivity contribution in [2.24, 2.45) is 0 Å². The van der Waals surface area contributed by atoms with Gasteiger partial charge in [-0.05, 0) is 35.7 Å². The molecule has 0 aliphatic rings. The summed E-state index contributed by atoms with van der Waals surface area (Å²) in [6, 6.07) is 20.2. The van der Waals surface area contributed by atoms with Crippen LogP contribution in [-0.2, 0) is 16.4 Å². The predicted octanol–water partition coefficient (Wildman–Crippen LogP) is 4.00. The zero-order valence-electron chi connectivity index (χ0n) is 15.0. The number of para-hydroxylation sites is 1. The van der Waals surface area contributed by atoms with E-state index in [0.717, 1.165) is 17.2 Å². The van der Waals surface area contributed by atoms with E-state index in [1.54, 1.807) is 12.1 Å². The molecule has 0 aromatic heterocycles. The van der Waals surface area contributed by atoms with Gasteiger partial charge in [-0.15, -0.1) is 0 Å². The van der Waals surface area contributed by atoms with Crippen LogP contribution in [0.5, 0.6) is 5.75 Å². The van der Waals surface area contributed by atoms with Gasteiger partial charge in [-0.25, -0.2) is 8.42 Å². The van der Waals surface area contributed by atoms with Crippen molar-refractivity contribution < 1.29 is 18.1 Å². The van der Waals surface area contributed by atoms with E-state index in [1.807, 2.05) is 42.5 Å². The maximum Gasteiger partial charge on any atom is 0.293 e. The highest BCUT2D eigenvalue weighted by atomic mass is 32.2. The van der Waals surface area contributed by atoms with E-state index in [2.05, 4.69) is 4.72 Å². The second-order valence-corrected chi connectivity index (χ2v) is 7.67. The monoisotopic (exact) mass is 398 g/mol. The van der Waals surface area contributed by atoms with Crippen LogP contribution >= 0.6 is 0 Å². The van der Waals surface area contributed by atoms with Gasteiger partial charge in [0.1, 0.15) is 5.75 Å². The largest absolute Gasteiger partial charge is 0.497 e. The van der Waals surface area contributed by atoms with Gasteiger partial charge in [0.05, 0.1) is 23.8 Å². The van der Waals surface area contributed by atoms with E-state index in [-0.39, 0.29) is 5.75 Å². The lowest BCUT2D eigenvalue weighted by molar-refractivity contribution is -0.387. The highest BCUT2D eigenvalue weighted by Crippen LogP contribution is 2.30. The molecule has 0 saturated heterocycles. The molecule has 0 heterocycles. The number of nitro groups is 1. The van der Waals surface area contributed by atoms with Crippen molar-refractivity contribution in [2.75, 3.05) is 11.8 Å². The second-order valence-electron chi connectivity index (χ2n) is 6.02. The molecule has 1 N–H and O–H groups in total. The number of methoxy groups -OCH3 is 1. The third-order valence-electron chi connectivity index (χ3n) is 4.15. The highest BCUT2D eigenvalue weighted by Gasteiger charge is 2.27. The molecule has 3 aromatic carbocycles. The van der Waals surface area contributed by atoms with Gasteiger partial charge in [0.25, 0.3) is 15.7 Å². The molecular weight excluding hydrogens is 380 g/mol. The maximum atomic E-state index is 12.9. The molecule has 0 aliphatic heterocycles. The average molecular weight is 398 g/mol. The quantitative estimate of drug-likeness (QED) is 0.479. The fourth-order valence-electron chi connectivity index (χ4n) is 2.78. The molecule has 0 unspecified atom stereocenters. The van der Waals surface area contributed by atoms with Crippen LogP contribution in [0.3, 0.4) is 0 Å². The molecule has 3 aromatic rings. The van der Waals surface area contributed by atoms with Crippen molar-refractivity contribution in [1.82, 2.24) is 0 Å². The number of rotatable bonds is 7. The van der Waals surface area contributed by atoms with Crippen molar-refractivity contribution in [3.8, 4) is 5.75 Å². The fourth-order valence-corrected chi connectivity index (χ4v) is 4.04. The topological polar surface area (TPSA) is 98.5 Å². The second kappa shape index (κ2) is 8.10. The van der Waals surface area contributed by atoms with Crippen LogP contribution in [0.15, 0.2) is 77.7 Å². The maximum absolute atomic E-state index is 12.9. The molecule has 0 atom stereocenters. The van der Waals surface area contributed by atoms with Gasteiger partial charge >= 0.3 is 0 Å². The summed E-state index contributed by atoms with van der Waals surface area (Å²) in [6.45, 7) is 0. The van der Waals surface area contributed by atoms with Gasteiger partial charge < -0.3 is 4.74 Å². The number of nitrogens with zero attached hydrogens (tertiary/aromatic N) is 1. The molecule has 0 spiro atoms. The van der Waals surface area contributed by atoms with E-state index < -0.39 is 25.5 Å². The molecule has 0 saturated carbocycles. The first-order chi connectivity index (χ1) is 13.4. The fraction of sp³-hybridized carbons (Fsp3) is 0.100. The Morgan fingerprint density at radius 3 is 2.36 bits per heavy atom. The van der Waals surface area contributed by atoms with Crippen LogP contribution in [0, 0.1) is 10.1 Å². The Morgan fingerprint density at radius 2 is 1.68 bits per heavy atom. The van der Waals surface area contributed by atoms with Crippen LogP contribution < -0.4 is 9.46 Å². The minimum atomic E-state index is -4.18. The molecule has 0 amide bonds.